The second-order valence-corrected chi connectivity index (χ2v) is 9.01. The summed E-state index contributed by atoms with van der Waals surface area (Å²) in [6, 6.07) is 15.8. The molecule has 0 aliphatic carbocycles. The predicted molar refractivity (Wildman–Crippen MR) is 130 cm³/mol. The molecule has 0 spiro atoms. The summed E-state index contributed by atoms with van der Waals surface area (Å²) in [6.07, 6.45) is 2.98. The highest BCUT2D eigenvalue weighted by Gasteiger charge is 2.37. The number of benzene rings is 2. The Balaban J connectivity index is 1.55. The number of amides is 2. The van der Waals surface area contributed by atoms with Crippen molar-refractivity contribution < 1.29 is 14.1 Å². The van der Waals surface area contributed by atoms with Gasteiger partial charge in [-0.05, 0) is 44.2 Å². The first-order chi connectivity index (χ1) is 16.5. The molecule has 0 bridgehead atoms. The van der Waals surface area contributed by atoms with E-state index in [4.69, 9.17) is 14.2 Å². The van der Waals surface area contributed by atoms with Gasteiger partial charge in [-0.25, -0.2) is 4.79 Å². The fourth-order valence-electron chi connectivity index (χ4n) is 4.62. The first kappa shape index (κ1) is 22.3. The molecule has 7 nitrogen and oxygen atoms in total. The standard InChI is InChI=1S/C27H30N4O3/c1-4-19-9-13-21(14-10-19)25-29-26(34-30-25)23-18(3)31(16-22-6-5-15-33-22)27(32)28-24(23)20-11-7-17(2)8-12-20/h7-14,22,24H,4-6,15-16H2,1-3H3,(H,28,32). The van der Waals surface area contributed by atoms with Crippen LogP contribution in [-0.4, -0.2) is 40.3 Å². The molecule has 1 aromatic heterocycles. The second kappa shape index (κ2) is 9.43. The van der Waals surface area contributed by atoms with Crippen molar-refractivity contribution in [2.24, 2.45) is 0 Å². The third kappa shape index (κ3) is 4.35. The van der Waals surface area contributed by atoms with Crippen molar-refractivity contribution in [3.8, 4) is 11.4 Å². The second-order valence-electron chi connectivity index (χ2n) is 9.01. The summed E-state index contributed by atoms with van der Waals surface area (Å²) in [5.41, 5.74) is 5.89. The van der Waals surface area contributed by atoms with Crippen LogP contribution in [-0.2, 0) is 11.2 Å². The van der Waals surface area contributed by atoms with E-state index in [1.807, 2.05) is 50.2 Å². The van der Waals surface area contributed by atoms with Crippen molar-refractivity contribution in [1.29, 1.82) is 0 Å². The van der Waals surface area contributed by atoms with Crippen LogP contribution in [0, 0.1) is 6.92 Å². The van der Waals surface area contributed by atoms with Crippen LogP contribution in [0.1, 0.15) is 55.3 Å². The number of aromatic nitrogens is 2. The molecule has 2 aliphatic rings. The molecule has 1 fully saturated rings. The van der Waals surface area contributed by atoms with Crippen LogP contribution in [0.3, 0.4) is 0 Å². The Bertz CT molecular complexity index is 1190. The molecule has 7 heteroatoms. The molecule has 176 valence electrons. The lowest BCUT2D eigenvalue weighted by Crippen LogP contribution is -2.48. The zero-order chi connectivity index (χ0) is 23.7. The SMILES string of the molecule is CCc1ccc(-c2noc(C3=C(C)N(CC4CCCO4)C(=O)NC3c3ccc(C)cc3)n2)cc1. The highest BCUT2D eigenvalue weighted by molar-refractivity contribution is 5.87. The van der Waals surface area contributed by atoms with E-state index in [1.54, 1.807) is 4.90 Å². The topological polar surface area (TPSA) is 80.5 Å². The largest absolute Gasteiger partial charge is 0.376 e. The van der Waals surface area contributed by atoms with Crippen molar-refractivity contribution in [1.82, 2.24) is 20.4 Å². The van der Waals surface area contributed by atoms with Gasteiger partial charge in [-0.3, -0.25) is 4.90 Å². The Hall–Kier alpha value is -3.45. The lowest BCUT2D eigenvalue weighted by Gasteiger charge is -2.36. The van der Waals surface area contributed by atoms with E-state index >= 15 is 0 Å². The van der Waals surface area contributed by atoms with Crippen molar-refractivity contribution in [3.63, 3.8) is 0 Å². The fraction of sp³-hybridized carbons (Fsp3) is 0.370. The summed E-state index contributed by atoms with van der Waals surface area (Å²) in [5.74, 6) is 0.943. The molecule has 34 heavy (non-hydrogen) atoms. The molecule has 1 saturated heterocycles. The van der Waals surface area contributed by atoms with Crippen LogP contribution in [0.15, 0.2) is 58.8 Å². The minimum absolute atomic E-state index is 0.0354. The van der Waals surface area contributed by atoms with E-state index in [2.05, 4.69) is 29.5 Å². The molecule has 2 aliphatic heterocycles. The highest BCUT2D eigenvalue weighted by atomic mass is 16.5. The first-order valence-corrected chi connectivity index (χ1v) is 11.9. The van der Waals surface area contributed by atoms with Crippen LogP contribution in [0.25, 0.3) is 17.0 Å². The minimum atomic E-state index is -0.385. The molecule has 3 heterocycles. The molecule has 2 aromatic carbocycles. The lowest BCUT2D eigenvalue weighted by atomic mass is 9.94. The average molecular weight is 459 g/mol. The van der Waals surface area contributed by atoms with E-state index in [9.17, 15) is 4.79 Å². The maximum Gasteiger partial charge on any atom is 0.322 e. The number of allylic oxidation sites excluding steroid dienone is 1. The van der Waals surface area contributed by atoms with E-state index < -0.39 is 0 Å². The van der Waals surface area contributed by atoms with Gasteiger partial charge in [0.1, 0.15) is 0 Å². The van der Waals surface area contributed by atoms with Crippen molar-refractivity contribution in [2.45, 2.75) is 52.2 Å². The number of aryl methyl sites for hydroxylation is 2. The van der Waals surface area contributed by atoms with Crippen molar-refractivity contribution in [3.05, 3.63) is 76.8 Å². The number of carbonyl (C=O) groups is 1. The molecule has 2 unspecified atom stereocenters. The van der Waals surface area contributed by atoms with Crippen LogP contribution in [0.5, 0.6) is 0 Å². The number of nitrogens with one attached hydrogen (secondary N) is 1. The van der Waals surface area contributed by atoms with E-state index in [-0.39, 0.29) is 18.2 Å². The molecule has 2 atom stereocenters. The summed E-state index contributed by atoms with van der Waals surface area (Å²) < 4.78 is 11.6. The quantitative estimate of drug-likeness (QED) is 0.543. The lowest BCUT2D eigenvalue weighted by molar-refractivity contribution is 0.0877. The third-order valence-electron chi connectivity index (χ3n) is 6.69. The van der Waals surface area contributed by atoms with Gasteiger partial charge in [0.2, 0.25) is 5.82 Å². The Labute approximate surface area is 199 Å². The Morgan fingerprint density at radius 1 is 1.09 bits per heavy atom. The van der Waals surface area contributed by atoms with Gasteiger partial charge in [0.05, 0.1) is 24.3 Å². The van der Waals surface area contributed by atoms with Crippen molar-refractivity contribution in [2.75, 3.05) is 13.2 Å². The summed E-state index contributed by atoms with van der Waals surface area (Å²) in [6.45, 7) is 7.36. The van der Waals surface area contributed by atoms with Gasteiger partial charge in [-0.1, -0.05) is 66.2 Å². The number of urea groups is 1. The summed E-state index contributed by atoms with van der Waals surface area (Å²) in [4.78, 5) is 19.7. The smallest absolute Gasteiger partial charge is 0.322 e. The first-order valence-electron chi connectivity index (χ1n) is 11.9. The van der Waals surface area contributed by atoms with E-state index in [0.29, 0.717) is 18.3 Å². The Morgan fingerprint density at radius 2 is 1.85 bits per heavy atom. The third-order valence-corrected chi connectivity index (χ3v) is 6.69. The van der Waals surface area contributed by atoms with Crippen LogP contribution >= 0.6 is 0 Å². The number of hydrogen-bond donors (Lipinski definition) is 1. The van der Waals surface area contributed by atoms with E-state index in [1.165, 1.54) is 5.56 Å². The van der Waals surface area contributed by atoms with Crippen molar-refractivity contribution >= 4 is 11.6 Å². The predicted octanol–water partition coefficient (Wildman–Crippen LogP) is 5.28. The van der Waals surface area contributed by atoms with Gasteiger partial charge >= 0.3 is 6.03 Å². The summed E-state index contributed by atoms with van der Waals surface area (Å²) >= 11 is 0. The van der Waals surface area contributed by atoms with Gasteiger partial charge in [0.25, 0.3) is 5.89 Å². The molecule has 0 saturated carbocycles. The maximum atomic E-state index is 13.2. The van der Waals surface area contributed by atoms with Gasteiger partial charge in [-0.2, -0.15) is 4.98 Å². The normalized spacial score (nSPS) is 20.7. The van der Waals surface area contributed by atoms with Gasteiger partial charge in [0.15, 0.2) is 0 Å². The molecule has 1 N–H and O–H groups in total. The zero-order valence-corrected chi connectivity index (χ0v) is 19.9. The Morgan fingerprint density at radius 3 is 2.53 bits per heavy atom. The number of rotatable bonds is 6. The van der Waals surface area contributed by atoms with Gasteiger partial charge in [-0.15, -0.1) is 0 Å². The zero-order valence-electron chi connectivity index (χ0n) is 19.9. The fourth-order valence-corrected chi connectivity index (χ4v) is 4.62. The van der Waals surface area contributed by atoms with Gasteiger partial charge < -0.3 is 14.6 Å². The monoisotopic (exact) mass is 458 g/mol. The Kier molecular flexibility index (Phi) is 6.20. The van der Waals surface area contributed by atoms with Gasteiger partial charge in [0, 0.05) is 17.9 Å². The molecule has 0 radical (unpaired) electrons. The number of carbonyl (C=O) groups excluding carboxylic acids is 1. The number of nitrogens with zero attached hydrogens (tertiary/aromatic N) is 3. The highest BCUT2D eigenvalue weighted by Crippen LogP contribution is 2.38. The van der Waals surface area contributed by atoms with Crippen LogP contribution in [0.2, 0.25) is 0 Å². The maximum absolute atomic E-state index is 13.2. The van der Waals surface area contributed by atoms with Crippen LogP contribution < -0.4 is 5.32 Å². The molecular formula is C27H30N4O3. The molecule has 3 aromatic rings. The van der Waals surface area contributed by atoms with Crippen LogP contribution in [0.4, 0.5) is 4.79 Å². The number of hydrogen-bond acceptors (Lipinski definition) is 5. The van der Waals surface area contributed by atoms with E-state index in [0.717, 1.165) is 53.8 Å². The summed E-state index contributed by atoms with van der Waals surface area (Å²) in [5, 5.41) is 7.43. The molecule has 5 rings (SSSR count). The molecule has 2 amide bonds. The number of ether oxygens (including phenoxy) is 1. The average Bonchev–Trinajstić information content (AvgIpc) is 3.54. The minimum Gasteiger partial charge on any atom is -0.376 e. The molecular weight excluding hydrogens is 428 g/mol. The summed E-state index contributed by atoms with van der Waals surface area (Å²) in [7, 11) is 0.